The van der Waals surface area contributed by atoms with Crippen LogP contribution in [0.5, 0.6) is 0 Å². The third-order valence-corrected chi connectivity index (χ3v) is 2.18. The van der Waals surface area contributed by atoms with Crippen LogP contribution in [0.2, 0.25) is 0 Å². The number of para-hydroxylation sites is 2. The van der Waals surface area contributed by atoms with Crippen LogP contribution in [-0.4, -0.2) is 16.5 Å². The van der Waals surface area contributed by atoms with Gasteiger partial charge in [-0.3, -0.25) is 20.5 Å². The lowest BCUT2D eigenvalue weighted by atomic mass is 10.3. The van der Waals surface area contributed by atoms with Gasteiger partial charge >= 0.3 is 0 Å². The maximum absolute atomic E-state index is 10.8. The van der Waals surface area contributed by atoms with E-state index in [4.69, 9.17) is 0 Å². The summed E-state index contributed by atoms with van der Waals surface area (Å²) in [5, 5.41) is 12.6. The number of rotatable bonds is 3. The minimum Gasteiger partial charge on any atom is -0.292 e. The Kier molecular flexibility index (Phi) is 2.86. The van der Waals surface area contributed by atoms with Crippen molar-refractivity contribution in [3.63, 3.8) is 0 Å². The summed E-state index contributed by atoms with van der Waals surface area (Å²) in [6.07, 6.45) is 7.58. The molecule has 1 aliphatic heterocycles. The molecular weight excluding hydrogens is 206 g/mol. The van der Waals surface area contributed by atoms with Gasteiger partial charge in [0.1, 0.15) is 5.69 Å². The van der Waals surface area contributed by atoms with E-state index in [9.17, 15) is 10.1 Å². The van der Waals surface area contributed by atoms with Gasteiger partial charge in [-0.15, -0.1) is 0 Å². The molecule has 0 radical (unpaired) electrons. The van der Waals surface area contributed by atoms with Crippen LogP contribution in [0.25, 0.3) is 0 Å². The fourth-order valence-electron chi connectivity index (χ4n) is 1.43. The SMILES string of the molecule is O=[N+]([O-])c1ccccc1NN1C=CC=CC1. The van der Waals surface area contributed by atoms with Crippen LogP contribution in [0.15, 0.2) is 48.7 Å². The molecule has 0 spiro atoms. The first-order valence-corrected chi connectivity index (χ1v) is 4.87. The van der Waals surface area contributed by atoms with Crippen molar-refractivity contribution in [2.45, 2.75) is 0 Å². The summed E-state index contributed by atoms with van der Waals surface area (Å²) in [6.45, 7) is 0.683. The first-order chi connectivity index (χ1) is 7.77. The largest absolute Gasteiger partial charge is 0.294 e. The van der Waals surface area contributed by atoms with Crippen molar-refractivity contribution >= 4 is 11.4 Å². The average Bonchev–Trinajstić information content (AvgIpc) is 2.31. The zero-order chi connectivity index (χ0) is 11.4. The highest BCUT2D eigenvalue weighted by atomic mass is 16.6. The molecule has 0 bridgehead atoms. The number of benzene rings is 1. The van der Waals surface area contributed by atoms with Crippen molar-refractivity contribution in [3.05, 3.63) is 58.8 Å². The van der Waals surface area contributed by atoms with E-state index in [1.165, 1.54) is 6.07 Å². The molecule has 0 atom stereocenters. The third-order valence-electron chi connectivity index (χ3n) is 2.18. The highest BCUT2D eigenvalue weighted by molar-refractivity contribution is 5.60. The Morgan fingerprint density at radius 3 is 2.81 bits per heavy atom. The summed E-state index contributed by atoms with van der Waals surface area (Å²) in [7, 11) is 0. The molecule has 0 aliphatic carbocycles. The maximum Gasteiger partial charge on any atom is 0.294 e. The Hall–Kier alpha value is -2.30. The van der Waals surface area contributed by atoms with Crippen molar-refractivity contribution in [2.75, 3.05) is 12.0 Å². The number of hydrogen-bond acceptors (Lipinski definition) is 4. The number of nitrogens with one attached hydrogen (secondary N) is 1. The number of anilines is 1. The number of hydrogen-bond donors (Lipinski definition) is 1. The normalized spacial score (nSPS) is 13.9. The average molecular weight is 217 g/mol. The Labute approximate surface area is 92.8 Å². The lowest BCUT2D eigenvalue weighted by molar-refractivity contribution is -0.384. The predicted octanol–water partition coefficient (Wildman–Crippen LogP) is 2.31. The molecule has 0 saturated carbocycles. The van der Waals surface area contributed by atoms with Crippen LogP contribution in [0, 0.1) is 10.1 Å². The second kappa shape index (κ2) is 4.48. The van der Waals surface area contributed by atoms with E-state index in [2.05, 4.69) is 5.43 Å². The predicted molar refractivity (Wildman–Crippen MR) is 61.7 cm³/mol. The number of allylic oxidation sites excluding steroid dienone is 2. The molecule has 82 valence electrons. The summed E-state index contributed by atoms with van der Waals surface area (Å²) in [5.41, 5.74) is 3.55. The fraction of sp³-hybridized carbons (Fsp3) is 0.0909. The minimum atomic E-state index is -0.397. The molecular formula is C11H11N3O2. The lowest BCUT2D eigenvalue weighted by Gasteiger charge is -2.22. The van der Waals surface area contributed by atoms with Crippen molar-refractivity contribution in [3.8, 4) is 0 Å². The Balaban J connectivity index is 2.17. The van der Waals surface area contributed by atoms with E-state index < -0.39 is 4.92 Å². The number of nitro benzene ring substituents is 1. The quantitative estimate of drug-likeness (QED) is 0.623. The molecule has 0 fully saturated rings. The van der Waals surface area contributed by atoms with Crippen molar-refractivity contribution in [1.29, 1.82) is 0 Å². The van der Waals surface area contributed by atoms with Crippen LogP contribution < -0.4 is 5.43 Å². The van der Waals surface area contributed by atoms with Gasteiger partial charge in [-0.1, -0.05) is 24.3 Å². The molecule has 0 amide bonds. The molecule has 5 heteroatoms. The number of nitro groups is 1. The molecule has 16 heavy (non-hydrogen) atoms. The van der Waals surface area contributed by atoms with Crippen LogP contribution in [0.3, 0.4) is 0 Å². The van der Waals surface area contributed by atoms with Gasteiger partial charge in [0.15, 0.2) is 0 Å². The van der Waals surface area contributed by atoms with Gasteiger partial charge in [0.2, 0.25) is 0 Å². The van der Waals surface area contributed by atoms with Gasteiger partial charge < -0.3 is 0 Å². The van der Waals surface area contributed by atoms with E-state index in [1.807, 2.05) is 24.4 Å². The van der Waals surface area contributed by atoms with Gasteiger partial charge in [0.25, 0.3) is 5.69 Å². The van der Waals surface area contributed by atoms with E-state index in [0.717, 1.165) is 0 Å². The fourth-order valence-corrected chi connectivity index (χ4v) is 1.43. The molecule has 5 nitrogen and oxygen atoms in total. The lowest BCUT2D eigenvalue weighted by Crippen LogP contribution is -2.25. The molecule has 2 rings (SSSR count). The third kappa shape index (κ3) is 2.20. The summed E-state index contributed by atoms with van der Waals surface area (Å²) in [5.74, 6) is 0. The molecule has 1 heterocycles. The topological polar surface area (TPSA) is 58.4 Å². The zero-order valence-corrected chi connectivity index (χ0v) is 8.54. The van der Waals surface area contributed by atoms with E-state index >= 15 is 0 Å². The van der Waals surface area contributed by atoms with Crippen LogP contribution in [0.4, 0.5) is 11.4 Å². The van der Waals surface area contributed by atoms with Gasteiger partial charge in [-0.05, 0) is 12.1 Å². The monoisotopic (exact) mass is 217 g/mol. The molecule has 1 aromatic rings. The standard InChI is InChI=1S/C11H11N3O2/c15-14(16)11-7-3-2-6-10(11)12-13-8-4-1-5-9-13/h1-8,12H,9H2. The highest BCUT2D eigenvalue weighted by Crippen LogP contribution is 2.23. The smallest absolute Gasteiger partial charge is 0.292 e. The van der Waals surface area contributed by atoms with E-state index in [0.29, 0.717) is 12.2 Å². The van der Waals surface area contributed by atoms with Crippen molar-refractivity contribution in [1.82, 2.24) is 5.01 Å². The van der Waals surface area contributed by atoms with Crippen LogP contribution >= 0.6 is 0 Å². The van der Waals surface area contributed by atoms with Gasteiger partial charge in [-0.25, -0.2) is 0 Å². The van der Waals surface area contributed by atoms with Crippen LogP contribution in [0.1, 0.15) is 0 Å². The van der Waals surface area contributed by atoms with E-state index in [-0.39, 0.29) is 5.69 Å². The molecule has 0 saturated heterocycles. The van der Waals surface area contributed by atoms with Crippen molar-refractivity contribution in [2.24, 2.45) is 0 Å². The minimum absolute atomic E-state index is 0.0745. The summed E-state index contributed by atoms with van der Waals surface area (Å²) in [6, 6.07) is 6.57. The van der Waals surface area contributed by atoms with Crippen molar-refractivity contribution < 1.29 is 4.92 Å². The van der Waals surface area contributed by atoms with Gasteiger partial charge in [-0.2, -0.15) is 0 Å². The zero-order valence-electron chi connectivity index (χ0n) is 8.54. The molecule has 1 aliphatic rings. The van der Waals surface area contributed by atoms with E-state index in [1.54, 1.807) is 23.2 Å². The Morgan fingerprint density at radius 1 is 1.31 bits per heavy atom. The van der Waals surface area contributed by atoms with Gasteiger partial charge in [0.05, 0.1) is 11.5 Å². The highest BCUT2D eigenvalue weighted by Gasteiger charge is 2.13. The number of hydrazine groups is 1. The summed E-state index contributed by atoms with van der Waals surface area (Å²) >= 11 is 0. The van der Waals surface area contributed by atoms with Gasteiger partial charge in [0, 0.05) is 12.3 Å². The Morgan fingerprint density at radius 2 is 2.12 bits per heavy atom. The second-order valence-electron chi connectivity index (χ2n) is 3.31. The summed E-state index contributed by atoms with van der Waals surface area (Å²) < 4.78 is 0. The summed E-state index contributed by atoms with van der Waals surface area (Å²) in [4.78, 5) is 10.4. The molecule has 1 N–H and O–H groups in total. The molecule has 0 aromatic heterocycles. The maximum atomic E-state index is 10.8. The Bertz CT molecular complexity index is 454. The number of nitrogens with zero attached hydrogens (tertiary/aromatic N) is 2. The molecule has 0 unspecified atom stereocenters. The first kappa shape index (κ1) is 10.2. The van der Waals surface area contributed by atoms with Crippen LogP contribution in [-0.2, 0) is 0 Å². The second-order valence-corrected chi connectivity index (χ2v) is 3.31. The molecule has 1 aromatic carbocycles. The first-order valence-electron chi connectivity index (χ1n) is 4.87.